The minimum atomic E-state index is -1.44. The van der Waals surface area contributed by atoms with Crippen molar-refractivity contribution in [2.45, 2.75) is 6.92 Å². The molecule has 0 atom stereocenters. The number of carboxylic acid groups (broad SMARTS) is 1. The lowest BCUT2D eigenvalue weighted by molar-refractivity contribution is 0.0692. The number of benzene rings is 2. The van der Waals surface area contributed by atoms with E-state index < -0.39 is 40.3 Å². The van der Waals surface area contributed by atoms with Gasteiger partial charge in [-0.3, -0.25) is 9.59 Å². The van der Waals surface area contributed by atoms with Crippen LogP contribution in [0.25, 0.3) is 0 Å². The van der Waals surface area contributed by atoms with Gasteiger partial charge in [0, 0.05) is 22.8 Å². The zero-order valence-electron chi connectivity index (χ0n) is 11.7. The Morgan fingerprint density at radius 1 is 0.870 bits per heavy atom. The molecule has 3 rings (SSSR count). The molecule has 2 aromatic carbocycles. The summed E-state index contributed by atoms with van der Waals surface area (Å²) >= 11 is 0. The average molecular weight is 314 g/mol. The molecule has 0 bridgehead atoms. The molecule has 4 N–H and O–H groups in total. The Labute approximate surface area is 129 Å². The standard InChI is InChI=1S/C16H10O7/c1-5-11-8(4-10(19)12(5)16(22)23)14(20)7-2-6(17)3-9(18)13(7)15(11)21/h2-4,17-19H,1H3,(H,22,23). The fourth-order valence-corrected chi connectivity index (χ4v) is 2.84. The Balaban J connectivity index is 2.41. The molecule has 0 aliphatic heterocycles. The molecule has 0 saturated carbocycles. The van der Waals surface area contributed by atoms with E-state index in [1.165, 1.54) is 6.92 Å². The summed E-state index contributed by atoms with van der Waals surface area (Å²) in [5, 5.41) is 38.4. The number of aromatic hydroxyl groups is 3. The lowest BCUT2D eigenvalue weighted by atomic mass is 9.80. The van der Waals surface area contributed by atoms with Crippen LogP contribution in [0.1, 0.15) is 47.8 Å². The summed E-state index contributed by atoms with van der Waals surface area (Å²) in [6, 6.07) is 2.87. The van der Waals surface area contributed by atoms with Crippen molar-refractivity contribution in [1.82, 2.24) is 0 Å². The normalized spacial score (nSPS) is 12.7. The third kappa shape index (κ3) is 1.87. The van der Waals surface area contributed by atoms with Gasteiger partial charge in [0.2, 0.25) is 0 Å². The van der Waals surface area contributed by atoms with Gasteiger partial charge in [0.05, 0.1) is 5.56 Å². The van der Waals surface area contributed by atoms with Crippen LogP contribution >= 0.6 is 0 Å². The van der Waals surface area contributed by atoms with Crippen LogP contribution in [0.2, 0.25) is 0 Å². The summed E-state index contributed by atoms with van der Waals surface area (Å²) in [6.07, 6.45) is 0. The summed E-state index contributed by atoms with van der Waals surface area (Å²) in [4.78, 5) is 36.4. The van der Waals surface area contributed by atoms with E-state index in [4.69, 9.17) is 5.11 Å². The molecule has 7 heteroatoms. The molecule has 0 spiro atoms. The fourth-order valence-electron chi connectivity index (χ4n) is 2.84. The first-order valence-electron chi connectivity index (χ1n) is 6.49. The number of rotatable bonds is 1. The second kappa shape index (κ2) is 4.57. The molecule has 0 heterocycles. The first-order chi connectivity index (χ1) is 10.7. The van der Waals surface area contributed by atoms with Gasteiger partial charge in [-0.05, 0) is 24.6 Å². The monoisotopic (exact) mass is 314 g/mol. The molecule has 0 unspecified atom stereocenters. The van der Waals surface area contributed by atoms with Crippen molar-refractivity contribution < 1.29 is 34.8 Å². The first-order valence-corrected chi connectivity index (χ1v) is 6.49. The molecule has 116 valence electrons. The maximum absolute atomic E-state index is 12.6. The van der Waals surface area contributed by atoms with E-state index in [1.54, 1.807) is 0 Å². The predicted octanol–water partition coefficient (Wildman–Crippen LogP) is 1.59. The molecular weight excluding hydrogens is 304 g/mol. The van der Waals surface area contributed by atoms with Crippen molar-refractivity contribution in [3.8, 4) is 17.2 Å². The minimum Gasteiger partial charge on any atom is -0.508 e. The molecule has 0 aromatic heterocycles. The minimum absolute atomic E-state index is 0.0658. The number of hydrogen-bond acceptors (Lipinski definition) is 6. The third-order valence-electron chi connectivity index (χ3n) is 3.82. The molecule has 1 aliphatic rings. The average Bonchev–Trinajstić information content (AvgIpc) is 2.42. The van der Waals surface area contributed by atoms with Crippen LogP contribution in [-0.4, -0.2) is 38.0 Å². The van der Waals surface area contributed by atoms with Gasteiger partial charge >= 0.3 is 5.97 Å². The molecule has 0 fully saturated rings. The van der Waals surface area contributed by atoms with E-state index in [2.05, 4.69) is 0 Å². The van der Waals surface area contributed by atoms with Gasteiger partial charge in [-0.1, -0.05) is 0 Å². The quantitative estimate of drug-likeness (QED) is 0.536. The first kappa shape index (κ1) is 14.6. The molecule has 23 heavy (non-hydrogen) atoms. The number of phenols is 3. The second-order valence-corrected chi connectivity index (χ2v) is 5.17. The molecular formula is C16H10O7. The van der Waals surface area contributed by atoms with Crippen LogP contribution in [-0.2, 0) is 0 Å². The van der Waals surface area contributed by atoms with E-state index in [1.807, 2.05) is 0 Å². The number of carbonyl (C=O) groups excluding carboxylic acids is 2. The van der Waals surface area contributed by atoms with Crippen molar-refractivity contribution in [2.75, 3.05) is 0 Å². The molecule has 0 amide bonds. The van der Waals surface area contributed by atoms with E-state index in [9.17, 15) is 29.7 Å². The predicted molar refractivity (Wildman–Crippen MR) is 76.4 cm³/mol. The van der Waals surface area contributed by atoms with Crippen molar-refractivity contribution >= 4 is 17.5 Å². The van der Waals surface area contributed by atoms with Gasteiger partial charge in [0.15, 0.2) is 11.6 Å². The Kier molecular flexibility index (Phi) is 2.90. The van der Waals surface area contributed by atoms with Gasteiger partial charge in [-0.2, -0.15) is 0 Å². The number of phenolic OH excluding ortho intramolecular Hbond substituents is 2. The number of carboxylic acids is 1. The van der Waals surface area contributed by atoms with Crippen molar-refractivity contribution in [1.29, 1.82) is 0 Å². The van der Waals surface area contributed by atoms with Gasteiger partial charge in [0.1, 0.15) is 22.8 Å². The zero-order chi connectivity index (χ0) is 17.0. The topological polar surface area (TPSA) is 132 Å². The fraction of sp³-hybridized carbons (Fsp3) is 0.0625. The summed E-state index contributed by atoms with van der Waals surface area (Å²) in [6.45, 7) is 1.30. The summed E-state index contributed by atoms with van der Waals surface area (Å²) in [5.41, 5.74) is -1.41. The van der Waals surface area contributed by atoms with Crippen molar-refractivity contribution in [3.05, 3.63) is 51.6 Å². The zero-order valence-corrected chi connectivity index (χ0v) is 11.7. The number of carbonyl (C=O) groups is 3. The third-order valence-corrected chi connectivity index (χ3v) is 3.82. The highest BCUT2D eigenvalue weighted by Crippen LogP contribution is 2.39. The lowest BCUT2D eigenvalue weighted by Gasteiger charge is -2.21. The molecule has 2 aromatic rings. The molecule has 7 nitrogen and oxygen atoms in total. The smallest absolute Gasteiger partial charge is 0.339 e. The van der Waals surface area contributed by atoms with Crippen molar-refractivity contribution in [2.24, 2.45) is 0 Å². The van der Waals surface area contributed by atoms with Crippen LogP contribution in [0, 0.1) is 6.92 Å². The van der Waals surface area contributed by atoms with E-state index in [0.29, 0.717) is 0 Å². The van der Waals surface area contributed by atoms with Gasteiger partial charge in [0.25, 0.3) is 0 Å². The van der Waals surface area contributed by atoms with Crippen LogP contribution in [0.15, 0.2) is 18.2 Å². The van der Waals surface area contributed by atoms with Crippen molar-refractivity contribution in [3.63, 3.8) is 0 Å². The van der Waals surface area contributed by atoms with E-state index in [-0.39, 0.29) is 27.8 Å². The maximum Gasteiger partial charge on any atom is 0.339 e. The van der Waals surface area contributed by atoms with E-state index >= 15 is 0 Å². The van der Waals surface area contributed by atoms with Crippen LogP contribution < -0.4 is 0 Å². The Morgan fingerprint density at radius 2 is 1.48 bits per heavy atom. The highest BCUT2D eigenvalue weighted by molar-refractivity contribution is 6.30. The number of ketones is 2. The Bertz CT molecular complexity index is 925. The largest absolute Gasteiger partial charge is 0.508 e. The van der Waals surface area contributed by atoms with Crippen LogP contribution in [0.5, 0.6) is 17.2 Å². The molecule has 0 saturated heterocycles. The van der Waals surface area contributed by atoms with Gasteiger partial charge in [-0.15, -0.1) is 0 Å². The van der Waals surface area contributed by atoms with Crippen LogP contribution in [0.3, 0.4) is 0 Å². The number of hydrogen-bond donors (Lipinski definition) is 4. The summed E-state index contributed by atoms with van der Waals surface area (Å²) in [5.74, 6) is -4.49. The van der Waals surface area contributed by atoms with E-state index in [0.717, 1.165) is 18.2 Å². The van der Waals surface area contributed by atoms with Gasteiger partial charge in [-0.25, -0.2) is 4.79 Å². The number of fused-ring (bicyclic) bond motifs is 2. The van der Waals surface area contributed by atoms with Crippen LogP contribution in [0.4, 0.5) is 0 Å². The summed E-state index contributed by atoms with van der Waals surface area (Å²) < 4.78 is 0. The molecule has 1 aliphatic carbocycles. The Morgan fingerprint density at radius 3 is 2.09 bits per heavy atom. The second-order valence-electron chi connectivity index (χ2n) is 5.17. The molecule has 0 radical (unpaired) electrons. The highest BCUT2D eigenvalue weighted by Gasteiger charge is 2.36. The number of aromatic carboxylic acids is 1. The Hall–Kier alpha value is -3.35. The summed E-state index contributed by atoms with van der Waals surface area (Å²) in [7, 11) is 0. The van der Waals surface area contributed by atoms with Gasteiger partial charge < -0.3 is 20.4 Å². The lowest BCUT2D eigenvalue weighted by Crippen LogP contribution is -2.23. The SMILES string of the molecule is Cc1c(C(=O)O)c(O)cc2c1C(=O)c1c(O)cc(O)cc1C2=O. The maximum atomic E-state index is 12.6. The highest BCUT2D eigenvalue weighted by atomic mass is 16.4.